The fourth-order valence-corrected chi connectivity index (χ4v) is 2.76. The molecule has 6 heteroatoms. The number of benzene rings is 3. The number of carbonyl (C=O) groups excluding carboxylic acids is 1. The van der Waals surface area contributed by atoms with Crippen LogP contribution in [0.3, 0.4) is 0 Å². The number of ether oxygens (including phenoxy) is 2. The van der Waals surface area contributed by atoms with Crippen molar-refractivity contribution in [1.29, 1.82) is 0 Å². The number of methoxy groups -OCH3 is 2. The molecule has 3 rings (SSSR count). The maximum Gasteiger partial charge on any atom is 0.342 e. The van der Waals surface area contributed by atoms with E-state index in [0.717, 1.165) is 22.1 Å². The number of carbonyl (C=O) groups is 1. The summed E-state index contributed by atoms with van der Waals surface area (Å²) in [4.78, 5) is 17.4. The largest absolute Gasteiger partial charge is 0.497 e. The van der Waals surface area contributed by atoms with Crippen molar-refractivity contribution in [2.75, 3.05) is 14.2 Å². The van der Waals surface area contributed by atoms with E-state index in [1.807, 2.05) is 36.4 Å². The van der Waals surface area contributed by atoms with Crippen LogP contribution < -0.4 is 15.2 Å². The van der Waals surface area contributed by atoms with Gasteiger partial charge in [-0.1, -0.05) is 29.4 Å². The Morgan fingerprint density at radius 3 is 2.18 bits per heavy atom. The van der Waals surface area contributed by atoms with E-state index in [4.69, 9.17) is 20.0 Å². The van der Waals surface area contributed by atoms with Gasteiger partial charge in [-0.2, -0.15) is 0 Å². The van der Waals surface area contributed by atoms with Gasteiger partial charge in [0.05, 0.1) is 20.1 Å². The average molecular weight is 378 g/mol. The molecule has 0 aliphatic rings. The number of hydrogen-bond donors (Lipinski definition) is 1. The lowest BCUT2D eigenvalue weighted by Crippen LogP contribution is -2.17. The van der Waals surface area contributed by atoms with Gasteiger partial charge in [-0.3, -0.25) is 0 Å². The van der Waals surface area contributed by atoms with E-state index >= 15 is 0 Å². The Labute approximate surface area is 163 Å². The van der Waals surface area contributed by atoms with Crippen molar-refractivity contribution in [1.82, 2.24) is 0 Å². The first-order valence-corrected chi connectivity index (χ1v) is 8.78. The summed E-state index contributed by atoms with van der Waals surface area (Å²) in [5.74, 6) is 0.643. The van der Waals surface area contributed by atoms with E-state index < -0.39 is 11.9 Å². The molecule has 0 saturated heterocycles. The van der Waals surface area contributed by atoms with Gasteiger partial charge in [0.15, 0.2) is 5.84 Å². The number of nitrogens with two attached hydrogens (primary N) is 1. The van der Waals surface area contributed by atoms with Crippen LogP contribution in [0.4, 0.5) is 0 Å². The second kappa shape index (κ2) is 8.43. The van der Waals surface area contributed by atoms with Crippen LogP contribution >= 0.6 is 0 Å². The van der Waals surface area contributed by atoms with E-state index in [2.05, 4.69) is 5.16 Å². The summed E-state index contributed by atoms with van der Waals surface area (Å²) in [6.07, 6.45) is 0. The van der Waals surface area contributed by atoms with Crippen molar-refractivity contribution in [3.8, 4) is 11.5 Å². The van der Waals surface area contributed by atoms with Crippen molar-refractivity contribution < 1.29 is 19.1 Å². The number of amidine groups is 1. The predicted molar refractivity (Wildman–Crippen MR) is 109 cm³/mol. The van der Waals surface area contributed by atoms with Crippen LogP contribution in [0, 0.1) is 0 Å². The van der Waals surface area contributed by atoms with E-state index in [1.165, 1.54) is 0 Å². The van der Waals surface area contributed by atoms with Gasteiger partial charge in [-0.05, 0) is 59.7 Å². The fraction of sp³-hybridized carbons (Fsp3) is 0.182. The van der Waals surface area contributed by atoms with E-state index in [1.54, 1.807) is 45.4 Å². The highest BCUT2D eigenvalue weighted by Crippen LogP contribution is 2.25. The lowest BCUT2D eigenvalue weighted by Gasteiger charge is -2.11. The Hall–Kier alpha value is -3.54. The Morgan fingerprint density at radius 1 is 0.893 bits per heavy atom. The lowest BCUT2D eigenvalue weighted by atomic mass is 9.98. The monoisotopic (exact) mass is 378 g/mol. The van der Waals surface area contributed by atoms with Crippen molar-refractivity contribution in [3.63, 3.8) is 0 Å². The normalized spacial score (nSPS) is 12.5. The molecular formula is C22H22N2O4. The van der Waals surface area contributed by atoms with Crippen LogP contribution in [0.1, 0.15) is 24.0 Å². The predicted octanol–water partition coefficient (Wildman–Crippen LogP) is 3.82. The molecule has 0 aromatic heterocycles. The van der Waals surface area contributed by atoms with E-state index in [-0.39, 0.29) is 5.84 Å². The highest BCUT2D eigenvalue weighted by atomic mass is 16.7. The zero-order valence-corrected chi connectivity index (χ0v) is 16.0. The molecule has 0 aliphatic carbocycles. The molecule has 3 aromatic carbocycles. The van der Waals surface area contributed by atoms with Gasteiger partial charge in [-0.15, -0.1) is 0 Å². The number of fused-ring (bicyclic) bond motifs is 1. The molecule has 3 aromatic rings. The maximum atomic E-state index is 12.4. The van der Waals surface area contributed by atoms with Crippen LogP contribution in [0.2, 0.25) is 0 Å². The third kappa shape index (κ3) is 4.23. The van der Waals surface area contributed by atoms with Crippen molar-refractivity contribution >= 4 is 22.6 Å². The van der Waals surface area contributed by atoms with E-state index in [0.29, 0.717) is 11.3 Å². The quantitative estimate of drug-likeness (QED) is 0.305. The first-order valence-electron chi connectivity index (χ1n) is 8.78. The second-order valence-electron chi connectivity index (χ2n) is 6.31. The number of hydrogen-bond acceptors (Lipinski definition) is 5. The topological polar surface area (TPSA) is 83.1 Å². The molecule has 0 amide bonds. The fourth-order valence-electron chi connectivity index (χ4n) is 2.76. The first kappa shape index (κ1) is 19.2. The second-order valence-corrected chi connectivity index (χ2v) is 6.31. The highest BCUT2D eigenvalue weighted by Gasteiger charge is 2.18. The average Bonchev–Trinajstić information content (AvgIpc) is 2.75. The maximum absolute atomic E-state index is 12.4. The van der Waals surface area contributed by atoms with E-state index in [9.17, 15) is 4.79 Å². The Morgan fingerprint density at radius 2 is 1.50 bits per heavy atom. The molecule has 0 saturated carbocycles. The molecule has 28 heavy (non-hydrogen) atoms. The molecule has 0 spiro atoms. The summed E-state index contributed by atoms with van der Waals surface area (Å²) in [6.45, 7) is 1.77. The molecule has 0 bridgehead atoms. The zero-order chi connectivity index (χ0) is 20.1. The van der Waals surface area contributed by atoms with Gasteiger partial charge in [0.2, 0.25) is 0 Å². The molecular weight excluding hydrogens is 356 g/mol. The van der Waals surface area contributed by atoms with Crippen LogP contribution in [0.5, 0.6) is 11.5 Å². The van der Waals surface area contributed by atoms with Crippen molar-refractivity contribution in [2.45, 2.75) is 12.8 Å². The van der Waals surface area contributed by atoms with Gasteiger partial charge < -0.3 is 20.0 Å². The number of nitrogens with zero attached hydrogens (tertiary/aromatic N) is 1. The van der Waals surface area contributed by atoms with Gasteiger partial charge in [0, 0.05) is 5.56 Å². The van der Waals surface area contributed by atoms with Crippen molar-refractivity contribution in [3.05, 3.63) is 71.8 Å². The Balaban J connectivity index is 1.71. The van der Waals surface area contributed by atoms with Gasteiger partial charge in [-0.25, -0.2) is 4.79 Å². The SMILES string of the molecule is COc1ccc(/C(N)=N/OC(=O)C(C)c2ccc3cc(OC)ccc3c2)cc1. The molecule has 1 atom stereocenters. The summed E-state index contributed by atoms with van der Waals surface area (Å²) in [6, 6.07) is 18.6. The summed E-state index contributed by atoms with van der Waals surface area (Å²) < 4.78 is 10.3. The molecule has 2 N–H and O–H groups in total. The molecule has 0 heterocycles. The number of rotatable bonds is 6. The molecule has 0 radical (unpaired) electrons. The molecule has 0 fully saturated rings. The summed E-state index contributed by atoms with van der Waals surface area (Å²) in [5.41, 5.74) is 7.37. The lowest BCUT2D eigenvalue weighted by molar-refractivity contribution is -0.145. The number of oxime groups is 1. The minimum absolute atomic E-state index is 0.119. The van der Waals surface area contributed by atoms with Crippen LogP contribution in [-0.2, 0) is 9.63 Å². The molecule has 0 aliphatic heterocycles. The molecule has 6 nitrogen and oxygen atoms in total. The van der Waals surface area contributed by atoms with Crippen LogP contribution in [0.15, 0.2) is 65.8 Å². The molecule has 144 valence electrons. The minimum Gasteiger partial charge on any atom is -0.497 e. The van der Waals surface area contributed by atoms with Crippen molar-refractivity contribution in [2.24, 2.45) is 10.9 Å². The highest BCUT2D eigenvalue weighted by molar-refractivity contribution is 5.97. The third-order valence-corrected chi connectivity index (χ3v) is 4.54. The van der Waals surface area contributed by atoms with Gasteiger partial charge >= 0.3 is 5.97 Å². The van der Waals surface area contributed by atoms with Crippen LogP contribution in [-0.4, -0.2) is 26.0 Å². The minimum atomic E-state index is -0.487. The Bertz CT molecular complexity index is 1010. The first-order chi connectivity index (χ1) is 13.5. The smallest absolute Gasteiger partial charge is 0.342 e. The van der Waals surface area contributed by atoms with Crippen LogP contribution in [0.25, 0.3) is 10.8 Å². The van der Waals surface area contributed by atoms with Gasteiger partial charge in [0.1, 0.15) is 11.5 Å². The van der Waals surface area contributed by atoms with Gasteiger partial charge in [0.25, 0.3) is 0 Å². The summed E-state index contributed by atoms with van der Waals surface area (Å²) in [7, 11) is 3.21. The Kier molecular flexibility index (Phi) is 5.79. The zero-order valence-electron chi connectivity index (χ0n) is 16.0. The third-order valence-electron chi connectivity index (χ3n) is 4.54. The summed E-state index contributed by atoms with van der Waals surface area (Å²) >= 11 is 0. The summed E-state index contributed by atoms with van der Waals surface area (Å²) in [5, 5.41) is 5.81. The molecule has 1 unspecified atom stereocenters. The standard InChI is InChI=1S/C22H22N2O4/c1-14(16-4-5-18-13-20(27-3)11-8-17(18)12-16)22(25)28-24-21(23)15-6-9-19(26-2)10-7-15/h4-14H,1-3H3,(H2,23,24).